The molecule has 5 nitrogen and oxygen atoms in total. The van der Waals surface area contributed by atoms with E-state index in [9.17, 15) is 9.59 Å². The number of fused-ring (bicyclic) bond motifs is 1. The Bertz CT molecular complexity index is 1230. The van der Waals surface area contributed by atoms with Gasteiger partial charge in [0.2, 0.25) is 5.91 Å². The van der Waals surface area contributed by atoms with Crippen LogP contribution in [0.1, 0.15) is 4.88 Å². The Labute approximate surface area is 174 Å². The fourth-order valence-corrected chi connectivity index (χ4v) is 4.06. The van der Waals surface area contributed by atoms with E-state index in [4.69, 9.17) is 23.2 Å². The van der Waals surface area contributed by atoms with Crippen LogP contribution in [0.3, 0.4) is 0 Å². The Kier molecular flexibility index (Phi) is 5.17. The number of rotatable bonds is 4. The Balaban J connectivity index is 1.76. The quantitative estimate of drug-likeness (QED) is 0.509. The fraction of sp³-hybridized carbons (Fsp3) is 0.0500. The van der Waals surface area contributed by atoms with Crippen molar-refractivity contribution in [2.24, 2.45) is 0 Å². The summed E-state index contributed by atoms with van der Waals surface area (Å²) in [6.45, 7) is 0. The van der Waals surface area contributed by atoms with Crippen LogP contribution in [0.2, 0.25) is 9.36 Å². The smallest absolute Gasteiger partial charge is 0.273 e. The summed E-state index contributed by atoms with van der Waals surface area (Å²) in [7, 11) is 0. The normalized spacial score (nSPS) is 10.9. The van der Waals surface area contributed by atoms with Crippen molar-refractivity contribution in [3.8, 4) is 11.3 Å². The molecule has 0 aliphatic heterocycles. The van der Waals surface area contributed by atoms with Crippen LogP contribution in [-0.2, 0) is 11.2 Å². The number of amides is 1. The van der Waals surface area contributed by atoms with Crippen molar-refractivity contribution in [2.45, 2.75) is 6.42 Å². The third-order valence-electron chi connectivity index (χ3n) is 4.12. The summed E-state index contributed by atoms with van der Waals surface area (Å²) in [4.78, 5) is 27.0. The Morgan fingerprint density at radius 1 is 1.00 bits per heavy atom. The molecule has 0 saturated heterocycles. The molecule has 2 heterocycles. The molecule has 0 unspecified atom stereocenters. The Hall–Kier alpha value is -2.67. The van der Waals surface area contributed by atoms with Crippen molar-refractivity contribution in [2.75, 3.05) is 5.43 Å². The zero-order valence-electron chi connectivity index (χ0n) is 14.4. The second-order valence-electron chi connectivity index (χ2n) is 6.04. The average molecular weight is 430 g/mol. The molecule has 140 valence electrons. The zero-order valence-corrected chi connectivity index (χ0v) is 16.7. The van der Waals surface area contributed by atoms with Gasteiger partial charge in [0.1, 0.15) is 5.69 Å². The van der Waals surface area contributed by atoms with Crippen molar-refractivity contribution >= 4 is 51.2 Å². The van der Waals surface area contributed by atoms with Crippen molar-refractivity contribution in [1.29, 1.82) is 0 Å². The molecule has 1 amide bonds. The van der Waals surface area contributed by atoms with Gasteiger partial charge in [-0.3, -0.25) is 9.59 Å². The Morgan fingerprint density at radius 3 is 2.39 bits per heavy atom. The molecule has 0 saturated carbocycles. The highest BCUT2D eigenvalue weighted by molar-refractivity contribution is 7.16. The van der Waals surface area contributed by atoms with Gasteiger partial charge < -0.3 is 0 Å². The average Bonchev–Trinajstić information content (AvgIpc) is 3.09. The third-order valence-corrected chi connectivity index (χ3v) is 5.60. The topological polar surface area (TPSA) is 64.0 Å². The number of benzene rings is 2. The number of nitrogens with one attached hydrogen (secondary N) is 1. The fourth-order valence-electron chi connectivity index (χ4n) is 2.85. The molecule has 2 aromatic carbocycles. The highest BCUT2D eigenvalue weighted by atomic mass is 35.5. The van der Waals surface area contributed by atoms with E-state index in [1.54, 1.807) is 36.4 Å². The molecular formula is C20H13Cl2N3O2S. The van der Waals surface area contributed by atoms with E-state index in [0.717, 1.165) is 15.2 Å². The number of nitrogens with zero attached hydrogens (tertiary/aromatic N) is 2. The summed E-state index contributed by atoms with van der Waals surface area (Å²) in [6, 6.07) is 17.8. The van der Waals surface area contributed by atoms with Crippen molar-refractivity contribution in [1.82, 2.24) is 9.89 Å². The van der Waals surface area contributed by atoms with Gasteiger partial charge in [-0.2, -0.15) is 0 Å². The summed E-state index contributed by atoms with van der Waals surface area (Å²) in [6.07, 6.45) is 0.106. The number of halogens is 2. The van der Waals surface area contributed by atoms with Gasteiger partial charge in [-0.1, -0.05) is 53.5 Å². The molecule has 8 heteroatoms. The van der Waals surface area contributed by atoms with Gasteiger partial charge in [0.15, 0.2) is 0 Å². The number of aromatic nitrogens is 2. The minimum absolute atomic E-state index is 0.106. The van der Waals surface area contributed by atoms with Gasteiger partial charge in [0.25, 0.3) is 5.56 Å². The molecule has 0 spiro atoms. The van der Waals surface area contributed by atoms with Crippen LogP contribution in [0.5, 0.6) is 0 Å². The van der Waals surface area contributed by atoms with Crippen LogP contribution in [0.15, 0.2) is 65.5 Å². The molecule has 0 bridgehead atoms. The molecule has 4 rings (SSSR count). The van der Waals surface area contributed by atoms with E-state index in [1.165, 1.54) is 11.3 Å². The molecule has 1 N–H and O–H groups in total. The van der Waals surface area contributed by atoms with Gasteiger partial charge in [-0.05, 0) is 30.3 Å². The predicted octanol–water partition coefficient (Wildman–Crippen LogP) is 4.74. The van der Waals surface area contributed by atoms with Crippen LogP contribution in [0, 0.1) is 0 Å². The lowest BCUT2D eigenvalue weighted by Gasteiger charge is -2.12. The van der Waals surface area contributed by atoms with E-state index >= 15 is 0 Å². The lowest BCUT2D eigenvalue weighted by atomic mass is 10.1. The predicted molar refractivity (Wildman–Crippen MR) is 114 cm³/mol. The molecule has 0 fully saturated rings. The van der Waals surface area contributed by atoms with Crippen LogP contribution < -0.4 is 11.0 Å². The Morgan fingerprint density at radius 2 is 1.71 bits per heavy atom. The van der Waals surface area contributed by atoms with Gasteiger partial charge in [-0.25, -0.2) is 5.43 Å². The second-order valence-corrected chi connectivity index (χ2v) is 8.27. The maximum Gasteiger partial charge on any atom is 0.294 e. The SMILES string of the molecule is O=C(Cc1ccc(Cl)s1)Nn1nc(-c2ccc(Cl)cc2)c2ccccc2c1=O. The van der Waals surface area contributed by atoms with E-state index in [-0.39, 0.29) is 12.3 Å². The summed E-state index contributed by atoms with van der Waals surface area (Å²) in [5.41, 5.74) is 3.54. The summed E-state index contributed by atoms with van der Waals surface area (Å²) in [5.74, 6) is -0.356. The first kappa shape index (κ1) is 18.7. The minimum Gasteiger partial charge on any atom is -0.273 e. The van der Waals surface area contributed by atoms with Gasteiger partial charge in [0, 0.05) is 20.8 Å². The van der Waals surface area contributed by atoms with Crippen LogP contribution in [0.25, 0.3) is 22.0 Å². The van der Waals surface area contributed by atoms with Crippen LogP contribution in [-0.4, -0.2) is 15.8 Å². The maximum atomic E-state index is 12.8. The van der Waals surface area contributed by atoms with E-state index in [2.05, 4.69) is 10.5 Å². The second kappa shape index (κ2) is 7.75. The van der Waals surface area contributed by atoms with Gasteiger partial charge >= 0.3 is 0 Å². The molecule has 0 atom stereocenters. The largest absolute Gasteiger partial charge is 0.294 e. The standard InChI is InChI=1S/C20H13Cl2N3O2S/c21-13-7-5-12(6-8-13)19-15-3-1-2-4-16(15)20(27)25(24-19)23-18(26)11-14-9-10-17(22)28-14/h1-10H,11H2,(H,23,26). The van der Waals surface area contributed by atoms with E-state index < -0.39 is 5.56 Å². The van der Waals surface area contributed by atoms with Crippen LogP contribution in [0.4, 0.5) is 0 Å². The maximum absolute atomic E-state index is 12.8. The van der Waals surface area contributed by atoms with Crippen molar-refractivity contribution < 1.29 is 4.79 Å². The number of hydrogen-bond acceptors (Lipinski definition) is 4. The summed E-state index contributed by atoms with van der Waals surface area (Å²) < 4.78 is 0.605. The van der Waals surface area contributed by atoms with Gasteiger partial charge in [0.05, 0.1) is 16.1 Å². The number of carbonyl (C=O) groups excluding carboxylic acids is 1. The number of carbonyl (C=O) groups is 1. The first-order chi connectivity index (χ1) is 13.5. The zero-order chi connectivity index (χ0) is 19.7. The first-order valence-electron chi connectivity index (χ1n) is 8.33. The highest BCUT2D eigenvalue weighted by Crippen LogP contribution is 2.26. The van der Waals surface area contributed by atoms with E-state index in [1.807, 2.05) is 24.3 Å². The number of thiophene rings is 1. The number of hydrogen-bond donors (Lipinski definition) is 1. The van der Waals surface area contributed by atoms with Gasteiger partial charge in [-0.15, -0.1) is 21.2 Å². The molecular weight excluding hydrogens is 417 g/mol. The minimum atomic E-state index is -0.397. The molecule has 0 aliphatic carbocycles. The molecule has 28 heavy (non-hydrogen) atoms. The van der Waals surface area contributed by atoms with Crippen LogP contribution >= 0.6 is 34.5 Å². The highest BCUT2D eigenvalue weighted by Gasteiger charge is 2.14. The van der Waals surface area contributed by atoms with Crippen molar-refractivity contribution in [3.05, 3.63) is 85.3 Å². The third kappa shape index (κ3) is 3.80. The van der Waals surface area contributed by atoms with Crippen molar-refractivity contribution in [3.63, 3.8) is 0 Å². The molecule has 2 aromatic heterocycles. The molecule has 0 aliphatic rings. The monoisotopic (exact) mass is 429 g/mol. The lowest BCUT2D eigenvalue weighted by Crippen LogP contribution is -2.36. The van der Waals surface area contributed by atoms with E-state index in [0.29, 0.717) is 25.8 Å². The summed E-state index contributed by atoms with van der Waals surface area (Å²) in [5, 5.41) is 6.15. The first-order valence-corrected chi connectivity index (χ1v) is 9.90. The molecule has 4 aromatic rings. The lowest BCUT2D eigenvalue weighted by molar-refractivity contribution is -0.116. The molecule has 0 radical (unpaired) electrons. The summed E-state index contributed by atoms with van der Waals surface area (Å²) >= 11 is 13.2.